The minimum Gasteiger partial charge on any atom is -0.477 e. The first kappa shape index (κ1) is 12.3. The first-order valence-electron chi connectivity index (χ1n) is 4.95. The molecule has 1 aliphatic rings. The molecule has 2 N–H and O–H groups in total. The smallest absolute Gasteiger partial charge is 0.378 e. The van der Waals surface area contributed by atoms with Crippen molar-refractivity contribution in [2.45, 2.75) is 22.8 Å². The van der Waals surface area contributed by atoms with E-state index in [2.05, 4.69) is 0 Å². The Hall–Kier alpha value is -1.14. The Kier molecular flexibility index (Phi) is 2.87. The third kappa shape index (κ3) is 1.71. The van der Waals surface area contributed by atoms with Crippen LogP contribution >= 0.6 is 11.8 Å². The summed E-state index contributed by atoms with van der Waals surface area (Å²) in [5.41, 5.74) is -2.63. The number of benzene rings is 1. The van der Waals surface area contributed by atoms with Crippen molar-refractivity contribution in [3.8, 4) is 0 Å². The summed E-state index contributed by atoms with van der Waals surface area (Å²) in [6.45, 7) is 0. The fourth-order valence-electron chi connectivity index (χ4n) is 1.88. The molecular weight excluding hydrogens is 250 g/mol. The molecule has 0 radical (unpaired) electrons. The van der Waals surface area contributed by atoms with E-state index in [1.807, 2.05) is 0 Å². The number of aliphatic hydroxyl groups is 1. The van der Waals surface area contributed by atoms with Gasteiger partial charge in [-0.15, -0.1) is 11.8 Å². The van der Waals surface area contributed by atoms with Crippen LogP contribution in [0.25, 0.3) is 0 Å². The summed E-state index contributed by atoms with van der Waals surface area (Å²) in [6.07, 6.45) is -0.284. The first-order valence-corrected chi connectivity index (χ1v) is 5.94. The second kappa shape index (κ2) is 3.96. The quantitative estimate of drug-likeness (QED) is 0.855. The third-order valence-corrected chi connectivity index (χ3v) is 3.92. The standard InChI is InChI=1S/C11H10F2O3S/c12-11(13,9(14)15)10(16)5-6-17-8-4-2-1-3-7(8)10/h1-4,16H,5-6H2,(H,14,15). The molecule has 0 amide bonds. The van der Waals surface area contributed by atoms with Gasteiger partial charge in [0.05, 0.1) is 0 Å². The van der Waals surface area contributed by atoms with Gasteiger partial charge < -0.3 is 10.2 Å². The summed E-state index contributed by atoms with van der Waals surface area (Å²) in [4.78, 5) is 11.1. The molecule has 1 aliphatic heterocycles. The topological polar surface area (TPSA) is 57.5 Å². The SMILES string of the molecule is O=C(O)C(F)(F)C1(O)CCSc2ccccc21. The zero-order valence-electron chi connectivity index (χ0n) is 8.69. The monoisotopic (exact) mass is 260 g/mol. The van der Waals surface area contributed by atoms with Gasteiger partial charge in [0.15, 0.2) is 5.60 Å². The molecule has 0 aliphatic carbocycles. The summed E-state index contributed by atoms with van der Waals surface area (Å²) < 4.78 is 27.3. The van der Waals surface area contributed by atoms with Crippen LogP contribution in [0.15, 0.2) is 29.2 Å². The Balaban J connectivity index is 2.57. The van der Waals surface area contributed by atoms with E-state index in [9.17, 15) is 18.7 Å². The number of carboxylic acid groups (broad SMARTS) is 1. The van der Waals surface area contributed by atoms with Gasteiger partial charge in [-0.25, -0.2) is 4.79 Å². The number of hydrogen-bond donors (Lipinski definition) is 2. The van der Waals surface area contributed by atoms with Crippen molar-refractivity contribution in [1.29, 1.82) is 0 Å². The van der Waals surface area contributed by atoms with E-state index < -0.39 is 17.5 Å². The molecule has 6 heteroatoms. The number of carbonyl (C=O) groups is 1. The van der Waals surface area contributed by atoms with Crippen LogP contribution in [0.3, 0.4) is 0 Å². The molecule has 0 aromatic heterocycles. The van der Waals surface area contributed by atoms with E-state index in [1.54, 1.807) is 12.1 Å². The van der Waals surface area contributed by atoms with E-state index in [1.165, 1.54) is 23.9 Å². The first-order chi connectivity index (χ1) is 7.89. The maximum Gasteiger partial charge on any atom is 0.378 e. The van der Waals surface area contributed by atoms with Crippen LogP contribution in [-0.2, 0) is 10.4 Å². The van der Waals surface area contributed by atoms with Crippen molar-refractivity contribution in [2.75, 3.05) is 5.75 Å². The number of fused-ring (bicyclic) bond motifs is 1. The largest absolute Gasteiger partial charge is 0.477 e. The Morgan fingerprint density at radius 3 is 2.71 bits per heavy atom. The van der Waals surface area contributed by atoms with Gasteiger partial charge in [-0.2, -0.15) is 8.78 Å². The molecular formula is C11H10F2O3S. The van der Waals surface area contributed by atoms with Gasteiger partial charge >= 0.3 is 11.9 Å². The fourth-order valence-corrected chi connectivity index (χ4v) is 3.07. The molecule has 0 spiro atoms. The maximum absolute atomic E-state index is 13.6. The lowest BCUT2D eigenvalue weighted by Crippen LogP contribution is -2.52. The number of aliphatic carboxylic acids is 1. The van der Waals surface area contributed by atoms with Crippen molar-refractivity contribution in [3.05, 3.63) is 29.8 Å². The van der Waals surface area contributed by atoms with E-state index in [0.717, 1.165) is 0 Å². The summed E-state index contributed by atoms with van der Waals surface area (Å²) in [5, 5.41) is 18.6. The fraction of sp³-hybridized carbons (Fsp3) is 0.364. The Bertz CT molecular complexity index is 464. The zero-order chi connectivity index (χ0) is 12.7. The van der Waals surface area contributed by atoms with Gasteiger partial charge in [-0.3, -0.25) is 0 Å². The lowest BCUT2D eigenvalue weighted by molar-refractivity contribution is -0.214. The van der Waals surface area contributed by atoms with Crippen molar-refractivity contribution in [1.82, 2.24) is 0 Å². The van der Waals surface area contributed by atoms with Gasteiger partial charge in [0, 0.05) is 16.2 Å². The predicted octanol–water partition coefficient (Wildman–Crippen LogP) is 2.09. The molecule has 0 saturated heterocycles. The normalized spacial score (nSPS) is 24.2. The van der Waals surface area contributed by atoms with Gasteiger partial charge in [-0.1, -0.05) is 18.2 Å². The van der Waals surface area contributed by atoms with Gasteiger partial charge in [0.1, 0.15) is 0 Å². The highest BCUT2D eigenvalue weighted by Crippen LogP contribution is 2.48. The van der Waals surface area contributed by atoms with Crippen molar-refractivity contribution >= 4 is 17.7 Å². The predicted molar refractivity (Wildman–Crippen MR) is 58.3 cm³/mol. The number of thioether (sulfide) groups is 1. The highest BCUT2D eigenvalue weighted by Gasteiger charge is 2.61. The molecule has 1 aromatic rings. The van der Waals surface area contributed by atoms with Gasteiger partial charge in [0.25, 0.3) is 0 Å². The second-order valence-corrected chi connectivity index (χ2v) is 4.97. The van der Waals surface area contributed by atoms with Crippen LogP contribution in [0.2, 0.25) is 0 Å². The van der Waals surface area contributed by atoms with Crippen LogP contribution in [0, 0.1) is 0 Å². The molecule has 17 heavy (non-hydrogen) atoms. The van der Waals surface area contributed by atoms with E-state index in [-0.39, 0.29) is 17.7 Å². The molecule has 0 bridgehead atoms. The van der Waals surface area contributed by atoms with Crippen LogP contribution < -0.4 is 0 Å². The lowest BCUT2D eigenvalue weighted by Gasteiger charge is -2.37. The average Bonchev–Trinajstić information content (AvgIpc) is 2.29. The Morgan fingerprint density at radius 2 is 2.06 bits per heavy atom. The van der Waals surface area contributed by atoms with E-state index in [0.29, 0.717) is 4.90 Å². The van der Waals surface area contributed by atoms with Crippen LogP contribution in [0.5, 0.6) is 0 Å². The lowest BCUT2D eigenvalue weighted by atomic mass is 9.84. The zero-order valence-corrected chi connectivity index (χ0v) is 9.51. The van der Waals surface area contributed by atoms with E-state index in [4.69, 9.17) is 5.11 Å². The molecule has 1 unspecified atom stereocenters. The summed E-state index contributed by atoms with van der Waals surface area (Å²) >= 11 is 1.33. The number of halogens is 2. The van der Waals surface area contributed by atoms with Gasteiger partial charge in [-0.05, 0) is 12.5 Å². The Morgan fingerprint density at radius 1 is 1.41 bits per heavy atom. The van der Waals surface area contributed by atoms with E-state index >= 15 is 0 Å². The minimum atomic E-state index is -4.19. The number of hydrogen-bond acceptors (Lipinski definition) is 3. The molecule has 1 atom stereocenters. The summed E-state index contributed by atoms with van der Waals surface area (Å²) in [5.74, 6) is -6.23. The minimum absolute atomic E-state index is 0.0105. The maximum atomic E-state index is 13.6. The van der Waals surface area contributed by atoms with Crippen LogP contribution in [0.1, 0.15) is 12.0 Å². The number of rotatable bonds is 2. The van der Waals surface area contributed by atoms with Gasteiger partial charge in [0.2, 0.25) is 0 Å². The number of alkyl halides is 2. The highest BCUT2D eigenvalue weighted by molar-refractivity contribution is 7.99. The van der Waals surface area contributed by atoms with Crippen molar-refractivity contribution in [3.63, 3.8) is 0 Å². The molecule has 0 saturated carbocycles. The van der Waals surface area contributed by atoms with Crippen molar-refractivity contribution in [2.24, 2.45) is 0 Å². The third-order valence-electron chi connectivity index (χ3n) is 2.84. The highest BCUT2D eigenvalue weighted by atomic mass is 32.2. The van der Waals surface area contributed by atoms with Crippen LogP contribution in [-0.4, -0.2) is 27.9 Å². The molecule has 92 valence electrons. The average molecular weight is 260 g/mol. The number of carboxylic acids is 1. The molecule has 3 nitrogen and oxygen atoms in total. The second-order valence-electron chi connectivity index (χ2n) is 3.83. The van der Waals surface area contributed by atoms with Crippen molar-refractivity contribution < 1.29 is 23.8 Å². The molecule has 2 rings (SSSR count). The summed E-state index contributed by atoms with van der Waals surface area (Å²) in [6, 6.07) is 6.12. The molecule has 1 heterocycles. The molecule has 1 aromatic carbocycles. The Labute approximate surface area is 100 Å². The van der Waals surface area contributed by atoms with Crippen LogP contribution in [0.4, 0.5) is 8.78 Å². The molecule has 0 fully saturated rings. The summed E-state index contributed by atoms with van der Waals surface area (Å²) in [7, 11) is 0.